The molecule has 3 rings (SSSR count). The number of hydrogen-bond donors (Lipinski definition) is 3. The minimum atomic E-state index is -1.15. The summed E-state index contributed by atoms with van der Waals surface area (Å²) in [5.74, 6) is 1.20. The van der Waals surface area contributed by atoms with E-state index >= 15 is 0 Å². The van der Waals surface area contributed by atoms with Crippen molar-refractivity contribution in [2.45, 2.75) is 25.5 Å². The van der Waals surface area contributed by atoms with Crippen LogP contribution in [0.5, 0.6) is 0 Å². The Bertz CT molecular complexity index is 716. The van der Waals surface area contributed by atoms with Crippen molar-refractivity contribution in [2.75, 3.05) is 45.9 Å². The molecule has 0 amide bonds. The summed E-state index contributed by atoms with van der Waals surface area (Å²) in [4.78, 5) is 8.36. The van der Waals surface area contributed by atoms with Crippen LogP contribution in [0.2, 0.25) is 0 Å². The first-order valence-electron chi connectivity index (χ1n) is 9.74. The highest BCUT2D eigenvalue weighted by Crippen LogP contribution is 2.25. The Morgan fingerprint density at radius 1 is 1.31 bits per heavy atom. The Labute approximate surface area is 193 Å². The molecule has 7 nitrogen and oxygen atoms in total. The van der Waals surface area contributed by atoms with Gasteiger partial charge in [-0.1, -0.05) is 6.07 Å². The van der Waals surface area contributed by atoms with Crippen LogP contribution in [0.25, 0.3) is 0 Å². The first kappa shape index (κ1) is 24.1. The van der Waals surface area contributed by atoms with E-state index in [4.69, 9.17) is 9.15 Å². The quantitative estimate of drug-likeness (QED) is 0.275. The molecule has 9 heteroatoms. The number of morpholine rings is 1. The predicted molar refractivity (Wildman–Crippen MR) is 127 cm³/mol. The predicted octanol–water partition coefficient (Wildman–Crippen LogP) is 2.80. The summed E-state index contributed by atoms with van der Waals surface area (Å²) in [5, 5.41) is 19.5. The molecule has 2 aromatic heterocycles. The summed E-state index contributed by atoms with van der Waals surface area (Å²) >= 11 is 1.77. The molecular formula is C20H31IN4O3S. The van der Waals surface area contributed by atoms with Crippen molar-refractivity contribution in [3.05, 3.63) is 46.5 Å². The second-order valence-electron chi connectivity index (χ2n) is 7.01. The van der Waals surface area contributed by atoms with Gasteiger partial charge < -0.3 is 24.9 Å². The van der Waals surface area contributed by atoms with Gasteiger partial charge in [0, 0.05) is 31.1 Å². The largest absolute Gasteiger partial charge is 0.466 e. The number of aliphatic hydroxyl groups is 1. The summed E-state index contributed by atoms with van der Waals surface area (Å²) in [6.07, 6.45) is 1.56. The number of thiophene rings is 1. The zero-order chi connectivity index (χ0) is 19.8. The molecule has 2 unspecified atom stereocenters. The molecule has 1 aliphatic heterocycles. The number of nitrogens with zero attached hydrogens (tertiary/aromatic N) is 2. The lowest BCUT2D eigenvalue weighted by Gasteiger charge is -2.34. The van der Waals surface area contributed by atoms with Crippen molar-refractivity contribution in [1.82, 2.24) is 15.5 Å². The van der Waals surface area contributed by atoms with Gasteiger partial charge in [0.25, 0.3) is 0 Å². The van der Waals surface area contributed by atoms with E-state index in [2.05, 4.69) is 38.0 Å². The van der Waals surface area contributed by atoms with Gasteiger partial charge in [-0.05, 0) is 37.4 Å². The second kappa shape index (κ2) is 11.9. The van der Waals surface area contributed by atoms with E-state index in [-0.39, 0.29) is 36.6 Å². The van der Waals surface area contributed by atoms with Gasteiger partial charge in [-0.15, -0.1) is 35.3 Å². The number of aliphatic imine (C=N–C) groups is 1. The molecular weight excluding hydrogens is 503 g/mol. The van der Waals surface area contributed by atoms with E-state index in [9.17, 15) is 5.11 Å². The summed E-state index contributed by atoms with van der Waals surface area (Å²) in [5.41, 5.74) is -1.15. The first-order valence-corrected chi connectivity index (χ1v) is 10.6. The highest BCUT2D eigenvalue weighted by atomic mass is 127. The fourth-order valence-corrected chi connectivity index (χ4v) is 4.07. The third-order valence-corrected chi connectivity index (χ3v) is 5.74. The van der Waals surface area contributed by atoms with Crippen molar-refractivity contribution in [1.29, 1.82) is 0 Å². The average molecular weight is 534 g/mol. The van der Waals surface area contributed by atoms with Gasteiger partial charge in [-0.2, -0.15) is 0 Å². The lowest BCUT2D eigenvalue weighted by Crippen LogP contribution is -2.46. The Kier molecular flexibility index (Phi) is 9.90. The fourth-order valence-electron chi connectivity index (χ4n) is 3.21. The van der Waals surface area contributed by atoms with Gasteiger partial charge in [0.1, 0.15) is 11.4 Å². The smallest absolute Gasteiger partial charge is 0.191 e. The number of guanidine groups is 1. The lowest BCUT2D eigenvalue weighted by molar-refractivity contribution is 0.0176. The molecule has 2 aromatic rings. The van der Waals surface area contributed by atoms with Crippen LogP contribution in [0.3, 0.4) is 0 Å². The minimum Gasteiger partial charge on any atom is -0.466 e. The number of nitrogens with one attached hydrogen (secondary N) is 2. The van der Waals surface area contributed by atoms with E-state index in [0.717, 1.165) is 39.4 Å². The molecule has 3 N–H and O–H groups in total. The monoisotopic (exact) mass is 534 g/mol. The third-order valence-electron chi connectivity index (χ3n) is 4.76. The molecule has 1 aliphatic rings. The molecule has 2 atom stereocenters. The van der Waals surface area contributed by atoms with Crippen LogP contribution >= 0.6 is 35.3 Å². The molecule has 3 heterocycles. The zero-order valence-corrected chi connectivity index (χ0v) is 20.1. The summed E-state index contributed by atoms with van der Waals surface area (Å²) in [6, 6.07) is 8.07. The van der Waals surface area contributed by atoms with Crippen LogP contribution in [0, 0.1) is 0 Å². The summed E-state index contributed by atoms with van der Waals surface area (Å²) < 4.78 is 10.9. The maximum Gasteiger partial charge on any atom is 0.191 e. The first-order chi connectivity index (χ1) is 13.6. The molecule has 0 spiro atoms. The highest BCUT2D eigenvalue weighted by Gasteiger charge is 2.27. The lowest BCUT2D eigenvalue weighted by atomic mass is 10.0. The van der Waals surface area contributed by atoms with Gasteiger partial charge in [0.2, 0.25) is 0 Å². The molecule has 0 aliphatic carbocycles. The number of halogens is 1. The van der Waals surface area contributed by atoms with Gasteiger partial charge in [-0.25, -0.2) is 4.99 Å². The number of hydrogen-bond acceptors (Lipinski definition) is 6. The van der Waals surface area contributed by atoms with Crippen LogP contribution in [0.4, 0.5) is 0 Å². The van der Waals surface area contributed by atoms with E-state index in [1.54, 1.807) is 36.7 Å². The standard InChI is InChI=1S/C20H30N4O3S.HI/c1-3-21-19(23-15-20(2,25)18-7-4-10-27-18)22-14-16(17-6-5-13-28-17)24-8-11-26-12-9-24;/h4-7,10,13,16,25H,3,8-9,11-12,14-15H2,1-2H3,(H2,21,22,23);1H. The molecule has 1 fully saturated rings. The fraction of sp³-hybridized carbons (Fsp3) is 0.550. The van der Waals surface area contributed by atoms with Crippen molar-refractivity contribution in [2.24, 2.45) is 4.99 Å². The number of rotatable bonds is 8. The highest BCUT2D eigenvalue weighted by molar-refractivity contribution is 14.0. The SMILES string of the molecule is CCNC(=NCC(C)(O)c1ccco1)NCC(c1cccs1)N1CCOCC1.I. The maximum absolute atomic E-state index is 10.6. The average Bonchev–Trinajstić information content (AvgIpc) is 3.41. The summed E-state index contributed by atoms with van der Waals surface area (Å²) in [7, 11) is 0. The number of ether oxygens (including phenoxy) is 1. The van der Waals surface area contributed by atoms with Crippen molar-refractivity contribution < 1.29 is 14.3 Å². The topological polar surface area (TPSA) is 82.3 Å². The van der Waals surface area contributed by atoms with Gasteiger partial charge >= 0.3 is 0 Å². The minimum absolute atomic E-state index is 0. The summed E-state index contributed by atoms with van der Waals surface area (Å²) in [6.45, 7) is 8.80. The Hall–Kier alpha value is -1.14. The van der Waals surface area contributed by atoms with Crippen LogP contribution in [-0.2, 0) is 10.3 Å². The van der Waals surface area contributed by atoms with Crippen LogP contribution in [0.1, 0.15) is 30.5 Å². The van der Waals surface area contributed by atoms with Crippen LogP contribution < -0.4 is 10.6 Å². The molecule has 0 aromatic carbocycles. The Balaban J connectivity index is 0.00000300. The van der Waals surface area contributed by atoms with Gasteiger partial charge in [-0.3, -0.25) is 4.90 Å². The van der Waals surface area contributed by atoms with Gasteiger partial charge in [0.05, 0.1) is 32.1 Å². The third kappa shape index (κ3) is 6.95. The molecule has 29 heavy (non-hydrogen) atoms. The molecule has 0 radical (unpaired) electrons. The normalized spacial score (nSPS) is 18.5. The maximum atomic E-state index is 10.6. The second-order valence-corrected chi connectivity index (χ2v) is 7.99. The van der Waals surface area contributed by atoms with E-state index in [1.165, 1.54) is 4.88 Å². The van der Waals surface area contributed by atoms with E-state index in [0.29, 0.717) is 11.7 Å². The van der Waals surface area contributed by atoms with E-state index < -0.39 is 5.60 Å². The number of furan rings is 1. The molecule has 162 valence electrons. The van der Waals surface area contributed by atoms with Gasteiger partial charge in [0.15, 0.2) is 5.96 Å². The van der Waals surface area contributed by atoms with Crippen molar-refractivity contribution >= 4 is 41.3 Å². The van der Waals surface area contributed by atoms with E-state index in [1.807, 2.05) is 6.92 Å². The molecule has 1 saturated heterocycles. The van der Waals surface area contributed by atoms with Crippen LogP contribution in [0.15, 0.2) is 45.3 Å². The Morgan fingerprint density at radius 3 is 2.72 bits per heavy atom. The van der Waals surface area contributed by atoms with Crippen molar-refractivity contribution in [3.63, 3.8) is 0 Å². The van der Waals surface area contributed by atoms with Crippen molar-refractivity contribution in [3.8, 4) is 0 Å². The zero-order valence-electron chi connectivity index (χ0n) is 17.0. The Morgan fingerprint density at radius 2 is 2.10 bits per heavy atom. The molecule has 0 bridgehead atoms. The van der Waals surface area contributed by atoms with Crippen LogP contribution in [-0.4, -0.2) is 61.9 Å². The molecule has 0 saturated carbocycles.